The van der Waals surface area contributed by atoms with Gasteiger partial charge in [0.25, 0.3) is 0 Å². The smallest absolute Gasteiger partial charge is 0.00965 e. The van der Waals surface area contributed by atoms with Crippen LogP contribution in [0.5, 0.6) is 0 Å². The summed E-state index contributed by atoms with van der Waals surface area (Å²) in [5.74, 6) is 0. The molecule has 2 fully saturated rings. The molecule has 15 heavy (non-hydrogen) atoms. The van der Waals surface area contributed by atoms with Crippen LogP contribution in [-0.2, 0) is 0 Å². The normalized spacial score (nSPS) is 22.4. The maximum absolute atomic E-state index is 3.66. The summed E-state index contributed by atoms with van der Waals surface area (Å²) in [6.07, 6.45) is 5.66. The van der Waals surface area contributed by atoms with Gasteiger partial charge in [-0.1, -0.05) is 20.8 Å². The molecular formula is C13H26N2. The van der Waals surface area contributed by atoms with Gasteiger partial charge in [0, 0.05) is 25.2 Å². The van der Waals surface area contributed by atoms with Crippen molar-refractivity contribution in [2.45, 2.75) is 58.5 Å². The highest BCUT2D eigenvalue weighted by atomic mass is 15.2. The van der Waals surface area contributed by atoms with E-state index in [1.165, 1.54) is 45.3 Å². The van der Waals surface area contributed by atoms with Gasteiger partial charge in [0.2, 0.25) is 0 Å². The third-order valence-electron chi connectivity index (χ3n) is 3.55. The third kappa shape index (κ3) is 3.76. The van der Waals surface area contributed by atoms with E-state index in [2.05, 4.69) is 31.0 Å². The summed E-state index contributed by atoms with van der Waals surface area (Å²) < 4.78 is 0. The van der Waals surface area contributed by atoms with Crippen LogP contribution in [-0.4, -0.2) is 36.6 Å². The van der Waals surface area contributed by atoms with E-state index >= 15 is 0 Å². The molecule has 0 radical (unpaired) electrons. The minimum atomic E-state index is 0.432. The largest absolute Gasteiger partial charge is 0.313 e. The molecule has 0 atom stereocenters. The van der Waals surface area contributed by atoms with E-state index in [-0.39, 0.29) is 0 Å². The molecule has 0 spiro atoms. The van der Waals surface area contributed by atoms with Crippen molar-refractivity contribution in [3.8, 4) is 0 Å². The van der Waals surface area contributed by atoms with Crippen molar-refractivity contribution < 1.29 is 0 Å². The lowest BCUT2D eigenvalue weighted by molar-refractivity contribution is 0.173. The summed E-state index contributed by atoms with van der Waals surface area (Å²) in [7, 11) is 0. The molecule has 2 aliphatic carbocycles. The van der Waals surface area contributed by atoms with Gasteiger partial charge in [0.1, 0.15) is 0 Å². The summed E-state index contributed by atoms with van der Waals surface area (Å²) in [5, 5.41) is 3.66. The van der Waals surface area contributed by atoms with Crippen molar-refractivity contribution in [2.24, 2.45) is 5.41 Å². The quantitative estimate of drug-likeness (QED) is 0.693. The van der Waals surface area contributed by atoms with Gasteiger partial charge < -0.3 is 10.2 Å². The Morgan fingerprint density at radius 2 is 1.87 bits per heavy atom. The zero-order chi connectivity index (χ0) is 10.9. The van der Waals surface area contributed by atoms with Gasteiger partial charge in [-0.05, 0) is 37.6 Å². The molecule has 2 aliphatic rings. The zero-order valence-electron chi connectivity index (χ0n) is 10.6. The Balaban J connectivity index is 1.72. The Hall–Kier alpha value is -0.0800. The highest BCUT2D eigenvalue weighted by Crippen LogP contribution is 2.30. The third-order valence-corrected chi connectivity index (χ3v) is 3.55. The fourth-order valence-electron chi connectivity index (χ4n) is 2.25. The van der Waals surface area contributed by atoms with E-state index in [9.17, 15) is 0 Å². The van der Waals surface area contributed by atoms with Gasteiger partial charge in [-0.3, -0.25) is 0 Å². The van der Waals surface area contributed by atoms with Crippen LogP contribution < -0.4 is 5.32 Å². The first kappa shape index (κ1) is 11.4. The molecule has 0 aliphatic heterocycles. The van der Waals surface area contributed by atoms with E-state index in [0.29, 0.717) is 5.41 Å². The minimum Gasteiger partial charge on any atom is -0.313 e. The first-order chi connectivity index (χ1) is 7.11. The Kier molecular flexibility index (Phi) is 3.36. The Morgan fingerprint density at radius 3 is 2.33 bits per heavy atom. The molecule has 2 saturated carbocycles. The van der Waals surface area contributed by atoms with Gasteiger partial charge in [0.05, 0.1) is 0 Å². The predicted molar refractivity (Wildman–Crippen MR) is 65.1 cm³/mol. The monoisotopic (exact) mass is 210 g/mol. The van der Waals surface area contributed by atoms with Gasteiger partial charge in [0.15, 0.2) is 0 Å². The summed E-state index contributed by atoms with van der Waals surface area (Å²) in [4.78, 5) is 2.66. The molecule has 0 saturated heterocycles. The Bertz CT molecular complexity index is 205. The van der Waals surface area contributed by atoms with Crippen molar-refractivity contribution in [1.29, 1.82) is 0 Å². The molecule has 0 amide bonds. The fraction of sp³-hybridized carbons (Fsp3) is 1.00. The van der Waals surface area contributed by atoms with Gasteiger partial charge >= 0.3 is 0 Å². The second-order valence-electron chi connectivity index (χ2n) is 6.11. The molecule has 0 heterocycles. The molecule has 0 unspecified atom stereocenters. The predicted octanol–water partition coefficient (Wildman–Crippen LogP) is 2.25. The molecule has 2 rings (SSSR count). The van der Waals surface area contributed by atoms with Crippen LogP contribution in [0.4, 0.5) is 0 Å². The van der Waals surface area contributed by atoms with Crippen LogP contribution in [0.15, 0.2) is 0 Å². The summed E-state index contributed by atoms with van der Waals surface area (Å²) in [5.41, 5.74) is 0.432. The topological polar surface area (TPSA) is 15.3 Å². The lowest BCUT2D eigenvalue weighted by atomic mass is 9.92. The lowest BCUT2D eigenvalue weighted by Gasteiger charge is -2.32. The number of hydrogen-bond acceptors (Lipinski definition) is 2. The number of hydrogen-bond donors (Lipinski definition) is 1. The highest BCUT2D eigenvalue weighted by molar-refractivity contribution is 4.89. The second kappa shape index (κ2) is 4.42. The molecule has 0 aromatic carbocycles. The summed E-state index contributed by atoms with van der Waals surface area (Å²) in [6, 6.07) is 1.76. The molecule has 2 heteroatoms. The van der Waals surface area contributed by atoms with Crippen LogP contribution in [0.3, 0.4) is 0 Å². The SMILES string of the molecule is CCN(CC(C)(C)CNC1CC1)C1CC1. The average molecular weight is 210 g/mol. The van der Waals surface area contributed by atoms with Crippen molar-refractivity contribution in [3.63, 3.8) is 0 Å². The zero-order valence-corrected chi connectivity index (χ0v) is 10.6. The minimum absolute atomic E-state index is 0.432. The molecule has 0 bridgehead atoms. The molecular weight excluding hydrogens is 184 g/mol. The van der Waals surface area contributed by atoms with Crippen LogP contribution in [0.2, 0.25) is 0 Å². The first-order valence-electron chi connectivity index (χ1n) is 6.58. The van der Waals surface area contributed by atoms with Crippen LogP contribution in [0.25, 0.3) is 0 Å². The molecule has 1 N–H and O–H groups in total. The molecule has 0 aromatic rings. The van der Waals surface area contributed by atoms with Crippen LogP contribution in [0.1, 0.15) is 46.5 Å². The average Bonchev–Trinajstić information content (AvgIpc) is 3.03. The number of rotatable bonds is 7. The fourth-order valence-corrected chi connectivity index (χ4v) is 2.25. The second-order valence-corrected chi connectivity index (χ2v) is 6.11. The van der Waals surface area contributed by atoms with Crippen molar-refractivity contribution >= 4 is 0 Å². The van der Waals surface area contributed by atoms with Crippen molar-refractivity contribution in [3.05, 3.63) is 0 Å². The Morgan fingerprint density at radius 1 is 1.20 bits per heavy atom. The standard InChI is InChI=1S/C13H26N2/c1-4-15(12-7-8-12)10-13(2,3)9-14-11-5-6-11/h11-12,14H,4-10H2,1-3H3. The highest BCUT2D eigenvalue weighted by Gasteiger charge is 2.32. The number of nitrogens with one attached hydrogen (secondary N) is 1. The van der Waals surface area contributed by atoms with Crippen LogP contribution in [0, 0.1) is 5.41 Å². The van der Waals surface area contributed by atoms with E-state index < -0.39 is 0 Å². The summed E-state index contributed by atoms with van der Waals surface area (Å²) in [6.45, 7) is 10.7. The maximum Gasteiger partial charge on any atom is 0.00965 e. The molecule has 2 nitrogen and oxygen atoms in total. The van der Waals surface area contributed by atoms with Gasteiger partial charge in [-0.15, -0.1) is 0 Å². The van der Waals surface area contributed by atoms with E-state index in [0.717, 1.165) is 12.1 Å². The van der Waals surface area contributed by atoms with Gasteiger partial charge in [-0.2, -0.15) is 0 Å². The van der Waals surface area contributed by atoms with E-state index in [1.807, 2.05) is 0 Å². The molecule has 0 aromatic heterocycles. The lowest BCUT2D eigenvalue weighted by Crippen LogP contribution is -2.41. The maximum atomic E-state index is 3.66. The summed E-state index contributed by atoms with van der Waals surface area (Å²) >= 11 is 0. The van der Waals surface area contributed by atoms with Gasteiger partial charge in [-0.25, -0.2) is 0 Å². The molecule has 88 valence electrons. The van der Waals surface area contributed by atoms with E-state index in [4.69, 9.17) is 0 Å². The van der Waals surface area contributed by atoms with Crippen LogP contribution >= 0.6 is 0 Å². The van der Waals surface area contributed by atoms with Crippen molar-refractivity contribution in [1.82, 2.24) is 10.2 Å². The van der Waals surface area contributed by atoms with E-state index in [1.54, 1.807) is 0 Å². The Labute approximate surface area is 94.4 Å². The van der Waals surface area contributed by atoms with Crippen molar-refractivity contribution in [2.75, 3.05) is 19.6 Å². The number of nitrogens with zero attached hydrogens (tertiary/aromatic N) is 1. The first-order valence-corrected chi connectivity index (χ1v) is 6.58.